The van der Waals surface area contributed by atoms with E-state index >= 15 is 0 Å². The lowest BCUT2D eigenvalue weighted by molar-refractivity contribution is 0.244. The molecule has 1 aliphatic rings. The molecular weight excluding hydrogens is 426 g/mol. The highest BCUT2D eigenvalue weighted by Gasteiger charge is 2.28. The van der Waals surface area contributed by atoms with Gasteiger partial charge in [0.1, 0.15) is 5.82 Å². The number of urea groups is 1. The third-order valence-corrected chi connectivity index (χ3v) is 6.67. The van der Waals surface area contributed by atoms with Crippen molar-refractivity contribution in [3.63, 3.8) is 0 Å². The van der Waals surface area contributed by atoms with Gasteiger partial charge in [-0.05, 0) is 57.2 Å². The molecule has 1 fully saturated rings. The van der Waals surface area contributed by atoms with Gasteiger partial charge in [-0.3, -0.25) is 0 Å². The van der Waals surface area contributed by atoms with Crippen LogP contribution in [-0.4, -0.2) is 55.5 Å². The van der Waals surface area contributed by atoms with Crippen molar-refractivity contribution in [1.29, 1.82) is 0 Å². The number of amides is 2. The minimum atomic E-state index is -3.55. The number of nitrogens with one attached hydrogen (secondary N) is 2. The van der Waals surface area contributed by atoms with E-state index in [1.54, 1.807) is 24.4 Å². The summed E-state index contributed by atoms with van der Waals surface area (Å²) < 4.78 is 27.1. The van der Waals surface area contributed by atoms with Crippen molar-refractivity contribution in [3.05, 3.63) is 47.6 Å². The van der Waals surface area contributed by atoms with Crippen molar-refractivity contribution in [1.82, 2.24) is 14.6 Å². The number of piperazine rings is 1. The molecule has 0 unspecified atom stereocenters. The SMILES string of the molecule is CC(C)(C)NC(=O)Nc1ccc(N2CCN(S(=O)(=O)c3ccc(Cl)cc3)CC2)nc1. The van der Waals surface area contributed by atoms with Crippen molar-refractivity contribution >= 4 is 39.2 Å². The lowest BCUT2D eigenvalue weighted by atomic mass is 10.1. The molecule has 1 saturated heterocycles. The molecule has 3 rings (SSSR count). The van der Waals surface area contributed by atoms with Crippen LogP contribution < -0.4 is 15.5 Å². The van der Waals surface area contributed by atoms with Gasteiger partial charge in [0.15, 0.2) is 0 Å². The van der Waals surface area contributed by atoms with Crippen LogP contribution in [0.1, 0.15) is 20.8 Å². The Morgan fingerprint density at radius 1 is 1.03 bits per heavy atom. The van der Waals surface area contributed by atoms with Crippen LogP contribution in [0, 0.1) is 0 Å². The Hall–Kier alpha value is -2.36. The largest absolute Gasteiger partial charge is 0.354 e. The van der Waals surface area contributed by atoms with Crippen LogP contribution in [0.15, 0.2) is 47.5 Å². The highest BCUT2D eigenvalue weighted by atomic mass is 35.5. The Morgan fingerprint density at radius 3 is 2.20 bits per heavy atom. The lowest BCUT2D eigenvalue weighted by Crippen LogP contribution is -2.48. The maximum atomic E-state index is 12.8. The number of anilines is 2. The Bertz CT molecular complexity index is 981. The molecule has 0 bridgehead atoms. The fourth-order valence-electron chi connectivity index (χ4n) is 3.06. The summed E-state index contributed by atoms with van der Waals surface area (Å²) in [5, 5.41) is 6.07. The summed E-state index contributed by atoms with van der Waals surface area (Å²) in [6, 6.07) is 9.49. The number of aromatic nitrogens is 1. The summed E-state index contributed by atoms with van der Waals surface area (Å²) in [6.07, 6.45) is 1.59. The van der Waals surface area contributed by atoms with Crippen LogP contribution in [0.25, 0.3) is 0 Å². The molecule has 0 spiro atoms. The normalized spacial score (nSPS) is 15.7. The molecule has 2 amide bonds. The molecule has 30 heavy (non-hydrogen) atoms. The molecule has 162 valence electrons. The van der Waals surface area contributed by atoms with Gasteiger partial charge in [-0.15, -0.1) is 0 Å². The van der Waals surface area contributed by atoms with E-state index in [9.17, 15) is 13.2 Å². The highest BCUT2D eigenvalue weighted by Crippen LogP contribution is 2.22. The first kappa shape index (κ1) is 22.3. The molecule has 10 heteroatoms. The first-order valence-corrected chi connectivity index (χ1v) is 11.4. The zero-order valence-corrected chi connectivity index (χ0v) is 18.8. The van der Waals surface area contributed by atoms with Gasteiger partial charge in [0.05, 0.1) is 16.8 Å². The zero-order valence-electron chi connectivity index (χ0n) is 17.2. The summed E-state index contributed by atoms with van der Waals surface area (Å²) in [5.41, 5.74) is 0.258. The maximum Gasteiger partial charge on any atom is 0.319 e. The van der Waals surface area contributed by atoms with Crippen LogP contribution >= 0.6 is 11.6 Å². The van der Waals surface area contributed by atoms with Gasteiger partial charge in [0, 0.05) is 36.7 Å². The minimum absolute atomic E-state index is 0.238. The van der Waals surface area contributed by atoms with E-state index in [0.717, 1.165) is 5.82 Å². The third kappa shape index (κ3) is 5.62. The molecule has 0 saturated carbocycles. The van der Waals surface area contributed by atoms with Crippen LogP contribution in [0.2, 0.25) is 5.02 Å². The summed E-state index contributed by atoms with van der Waals surface area (Å²) in [6.45, 7) is 7.48. The second-order valence-corrected chi connectivity index (χ2v) is 10.5. The molecule has 1 aromatic carbocycles. The second-order valence-electron chi connectivity index (χ2n) is 8.08. The number of halogens is 1. The maximum absolute atomic E-state index is 12.8. The number of hydrogen-bond acceptors (Lipinski definition) is 5. The number of nitrogens with zero attached hydrogens (tertiary/aromatic N) is 3. The minimum Gasteiger partial charge on any atom is -0.354 e. The average Bonchev–Trinajstić information content (AvgIpc) is 2.67. The van der Waals surface area contributed by atoms with E-state index in [4.69, 9.17) is 11.6 Å². The van der Waals surface area contributed by atoms with Gasteiger partial charge in [-0.2, -0.15) is 4.31 Å². The van der Waals surface area contributed by atoms with Crippen molar-refractivity contribution in [2.24, 2.45) is 0 Å². The van der Waals surface area contributed by atoms with Crippen LogP contribution in [-0.2, 0) is 10.0 Å². The Morgan fingerprint density at radius 2 is 1.67 bits per heavy atom. The number of benzene rings is 1. The number of carbonyl (C=O) groups is 1. The summed E-state index contributed by atoms with van der Waals surface area (Å²) in [4.78, 5) is 18.6. The van der Waals surface area contributed by atoms with Crippen LogP contribution in [0.3, 0.4) is 0 Å². The number of hydrogen-bond donors (Lipinski definition) is 2. The molecule has 1 aromatic heterocycles. The van der Waals surface area contributed by atoms with E-state index in [2.05, 4.69) is 15.6 Å². The van der Waals surface area contributed by atoms with Crippen molar-refractivity contribution < 1.29 is 13.2 Å². The van der Waals surface area contributed by atoms with Gasteiger partial charge >= 0.3 is 6.03 Å². The average molecular weight is 452 g/mol. The fraction of sp³-hybridized carbons (Fsp3) is 0.400. The van der Waals surface area contributed by atoms with Gasteiger partial charge in [0.2, 0.25) is 10.0 Å². The molecular formula is C20H26ClN5O3S. The van der Waals surface area contributed by atoms with E-state index in [1.807, 2.05) is 31.7 Å². The predicted octanol–water partition coefficient (Wildman–Crippen LogP) is 3.17. The van der Waals surface area contributed by atoms with Gasteiger partial charge < -0.3 is 15.5 Å². The Balaban J connectivity index is 1.58. The predicted molar refractivity (Wildman–Crippen MR) is 119 cm³/mol. The first-order valence-electron chi connectivity index (χ1n) is 9.60. The molecule has 0 radical (unpaired) electrons. The summed E-state index contributed by atoms with van der Waals surface area (Å²) in [7, 11) is -3.55. The number of carbonyl (C=O) groups excluding carboxylic acids is 1. The standard InChI is InChI=1S/C20H26ClN5O3S/c1-20(2,3)24-19(27)23-16-6-9-18(22-14-16)25-10-12-26(13-11-25)30(28,29)17-7-4-15(21)5-8-17/h4-9,14H,10-13H2,1-3H3,(H2,23,24,27). The Kier molecular flexibility index (Phi) is 6.54. The van der Waals surface area contributed by atoms with Crippen LogP contribution in [0.5, 0.6) is 0 Å². The van der Waals surface area contributed by atoms with Crippen LogP contribution in [0.4, 0.5) is 16.3 Å². The van der Waals surface area contributed by atoms with E-state index < -0.39 is 10.0 Å². The molecule has 0 atom stereocenters. The van der Waals surface area contributed by atoms with Crippen molar-refractivity contribution in [3.8, 4) is 0 Å². The smallest absolute Gasteiger partial charge is 0.319 e. The number of pyridine rings is 1. The quantitative estimate of drug-likeness (QED) is 0.744. The number of sulfonamides is 1. The lowest BCUT2D eigenvalue weighted by Gasteiger charge is -2.34. The molecule has 2 aromatic rings. The van der Waals surface area contributed by atoms with Gasteiger partial charge in [0.25, 0.3) is 0 Å². The monoisotopic (exact) mass is 451 g/mol. The Labute approximate surface area is 182 Å². The molecule has 2 N–H and O–H groups in total. The second kappa shape index (κ2) is 8.79. The summed E-state index contributed by atoms with van der Waals surface area (Å²) >= 11 is 5.85. The zero-order chi connectivity index (χ0) is 21.9. The molecule has 0 aliphatic carbocycles. The van der Waals surface area contributed by atoms with Crippen molar-refractivity contribution in [2.45, 2.75) is 31.2 Å². The molecule has 8 nitrogen and oxygen atoms in total. The third-order valence-electron chi connectivity index (χ3n) is 4.51. The van der Waals surface area contributed by atoms with E-state index in [0.29, 0.717) is 36.9 Å². The van der Waals surface area contributed by atoms with Gasteiger partial charge in [-0.1, -0.05) is 11.6 Å². The summed E-state index contributed by atoms with van der Waals surface area (Å²) in [5.74, 6) is 0.736. The fourth-order valence-corrected chi connectivity index (χ4v) is 4.61. The van der Waals surface area contributed by atoms with Gasteiger partial charge in [-0.25, -0.2) is 18.2 Å². The first-order chi connectivity index (χ1) is 14.0. The topological polar surface area (TPSA) is 94.6 Å². The van der Waals surface area contributed by atoms with Crippen molar-refractivity contribution in [2.75, 3.05) is 36.4 Å². The van der Waals surface area contributed by atoms with E-state index in [-0.39, 0.29) is 16.5 Å². The highest BCUT2D eigenvalue weighted by molar-refractivity contribution is 7.89. The molecule has 1 aliphatic heterocycles. The molecule has 2 heterocycles. The van der Waals surface area contributed by atoms with E-state index in [1.165, 1.54) is 16.4 Å². The number of rotatable bonds is 4.